The summed E-state index contributed by atoms with van der Waals surface area (Å²) in [6, 6.07) is 5.47. The van der Waals surface area contributed by atoms with Crippen molar-refractivity contribution in [3.8, 4) is 5.75 Å². The molecule has 15 heavy (non-hydrogen) atoms. The Morgan fingerprint density at radius 3 is 3.00 bits per heavy atom. The highest BCUT2D eigenvalue weighted by Crippen LogP contribution is 2.32. The molecular weight excluding hydrogens is 193 g/mol. The quantitative estimate of drug-likeness (QED) is 0.808. The smallest absolute Gasteiger partial charge is 0.126 e. The van der Waals surface area contributed by atoms with Crippen molar-refractivity contribution in [2.75, 3.05) is 6.61 Å². The summed E-state index contributed by atoms with van der Waals surface area (Å²) >= 11 is 0. The molecule has 0 radical (unpaired) electrons. The van der Waals surface area contributed by atoms with Gasteiger partial charge in [0.05, 0.1) is 6.61 Å². The van der Waals surface area contributed by atoms with E-state index in [-0.39, 0.29) is 11.9 Å². The van der Waals surface area contributed by atoms with Crippen LogP contribution in [0.4, 0.5) is 4.39 Å². The molecule has 0 saturated carbocycles. The molecule has 1 aliphatic rings. The van der Waals surface area contributed by atoms with E-state index in [1.54, 1.807) is 0 Å². The van der Waals surface area contributed by atoms with Gasteiger partial charge in [-0.25, -0.2) is 4.39 Å². The van der Waals surface area contributed by atoms with Crippen molar-refractivity contribution in [2.45, 2.75) is 32.4 Å². The second-order valence-corrected chi connectivity index (χ2v) is 4.19. The number of ether oxygens (including phenoxy) is 1. The van der Waals surface area contributed by atoms with Gasteiger partial charge in [0.25, 0.3) is 0 Å². The molecule has 0 aromatic heterocycles. The van der Waals surface area contributed by atoms with Gasteiger partial charge in [-0.2, -0.15) is 0 Å². The van der Waals surface area contributed by atoms with Crippen LogP contribution < -0.4 is 10.1 Å². The van der Waals surface area contributed by atoms with Crippen LogP contribution in [-0.4, -0.2) is 12.6 Å². The van der Waals surface area contributed by atoms with E-state index in [0.29, 0.717) is 18.4 Å². The fourth-order valence-electron chi connectivity index (χ4n) is 1.94. The van der Waals surface area contributed by atoms with Crippen molar-refractivity contribution in [1.82, 2.24) is 5.32 Å². The molecule has 1 aromatic rings. The standard InChI is InChI=1S/C12H16FNO/c1-8(2)14-11-5-6-15-12-7-9(13)3-4-10(11)12/h3-4,7-8,11,14H,5-6H2,1-2H3. The molecule has 1 aromatic carbocycles. The lowest BCUT2D eigenvalue weighted by atomic mass is 10.00. The molecule has 82 valence electrons. The van der Waals surface area contributed by atoms with Crippen molar-refractivity contribution in [3.63, 3.8) is 0 Å². The van der Waals surface area contributed by atoms with Crippen molar-refractivity contribution >= 4 is 0 Å². The first-order chi connectivity index (χ1) is 7.16. The third kappa shape index (κ3) is 2.29. The lowest BCUT2D eigenvalue weighted by Gasteiger charge is -2.28. The monoisotopic (exact) mass is 209 g/mol. The van der Waals surface area contributed by atoms with Crippen molar-refractivity contribution in [1.29, 1.82) is 0 Å². The highest BCUT2D eigenvalue weighted by Gasteiger charge is 2.21. The number of fused-ring (bicyclic) bond motifs is 1. The van der Waals surface area contributed by atoms with Gasteiger partial charge in [0.15, 0.2) is 0 Å². The molecule has 0 saturated heterocycles. The Bertz CT molecular complexity index is 351. The van der Waals surface area contributed by atoms with Gasteiger partial charge in [-0.15, -0.1) is 0 Å². The van der Waals surface area contributed by atoms with Crippen LogP contribution in [0.2, 0.25) is 0 Å². The molecule has 3 heteroatoms. The van der Waals surface area contributed by atoms with Gasteiger partial charge in [0.1, 0.15) is 11.6 Å². The summed E-state index contributed by atoms with van der Waals surface area (Å²) in [6.45, 7) is 4.87. The van der Waals surface area contributed by atoms with Gasteiger partial charge >= 0.3 is 0 Å². The van der Waals surface area contributed by atoms with E-state index in [2.05, 4.69) is 19.2 Å². The Morgan fingerprint density at radius 2 is 2.27 bits per heavy atom. The minimum Gasteiger partial charge on any atom is -0.493 e. The Labute approximate surface area is 89.4 Å². The average Bonchev–Trinajstić information content (AvgIpc) is 2.16. The molecule has 1 aliphatic heterocycles. The Morgan fingerprint density at radius 1 is 1.47 bits per heavy atom. The number of halogens is 1. The Hall–Kier alpha value is -1.09. The average molecular weight is 209 g/mol. The first-order valence-electron chi connectivity index (χ1n) is 5.35. The first-order valence-corrected chi connectivity index (χ1v) is 5.35. The molecule has 0 bridgehead atoms. The second kappa shape index (κ2) is 4.19. The van der Waals surface area contributed by atoms with Crippen molar-refractivity contribution in [3.05, 3.63) is 29.6 Å². The predicted molar refractivity (Wildman–Crippen MR) is 57.5 cm³/mol. The van der Waals surface area contributed by atoms with Gasteiger partial charge in [-0.1, -0.05) is 19.9 Å². The van der Waals surface area contributed by atoms with Crippen LogP contribution in [-0.2, 0) is 0 Å². The Kier molecular flexibility index (Phi) is 2.91. The van der Waals surface area contributed by atoms with E-state index in [1.807, 2.05) is 6.07 Å². The van der Waals surface area contributed by atoms with Crippen LogP contribution in [0.3, 0.4) is 0 Å². The molecule has 2 nitrogen and oxygen atoms in total. The highest BCUT2D eigenvalue weighted by molar-refractivity contribution is 5.38. The molecule has 1 N–H and O–H groups in total. The third-order valence-electron chi connectivity index (χ3n) is 2.55. The summed E-state index contributed by atoms with van der Waals surface area (Å²) < 4.78 is 18.4. The van der Waals surface area contributed by atoms with Crippen LogP contribution in [0.15, 0.2) is 18.2 Å². The van der Waals surface area contributed by atoms with Crippen LogP contribution >= 0.6 is 0 Å². The number of rotatable bonds is 2. The van der Waals surface area contributed by atoms with Gasteiger partial charge in [0.2, 0.25) is 0 Å². The summed E-state index contributed by atoms with van der Waals surface area (Å²) in [5, 5.41) is 3.45. The topological polar surface area (TPSA) is 21.3 Å². The normalized spacial score (nSPS) is 19.9. The van der Waals surface area contributed by atoms with Crippen molar-refractivity contribution < 1.29 is 9.13 Å². The fourth-order valence-corrected chi connectivity index (χ4v) is 1.94. The lowest BCUT2D eigenvalue weighted by Crippen LogP contribution is -2.31. The van der Waals surface area contributed by atoms with E-state index in [4.69, 9.17) is 4.74 Å². The van der Waals surface area contributed by atoms with E-state index >= 15 is 0 Å². The van der Waals surface area contributed by atoms with E-state index < -0.39 is 0 Å². The van der Waals surface area contributed by atoms with Crippen LogP contribution in [0.5, 0.6) is 5.75 Å². The van der Waals surface area contributed by atoms with Gasteiger partial charge < -0.3 is 10.1 Å². The summed E-state index contributed by atoms with van der Waals surface area (Å²) in [4.78, 5) is 0. The molecule has 1 heterocycles. The zero-order valence-corrected chi connectivity index (χ0v) is 9.09. The number of benzene rings is 1. The maximum atomic E-state index is 13.0. The van der Waals surface area contributed by atoms with Gasteiger partial charge in [0, 0.05) is 30.1 Å². The maximum Gasteiger partial charge on any atom is 0.126 e. The van der Waals surface area contributed by atoms with Gasteiger partial charge in [-0.3, -0.25) is 0 Å². The van der Waals surface area contributed by atoms with Crippen LogP contribution in [0, 0.1) is 5.82 Å². The van der Waals surface area contributed by atoms with Gasteiger partial charge in [-0.05, 0) is 6.07 Å². The van der Waals surface area contributed by atoms with E-state index in [9.17, 15) is 4.39 Å². The third-order valence-corrected chi connectivity index (χ3v) is 2.55. The number of hydrogen-bond acceptors (Lipinski definition) is 2. The minimum atomic E-state index is -0.237. The summed E-state index contributed by atoms with van der Waals surface area (Å²) in [6.07, 6.45) is 0.941. The summed E-state index contributed by atoms with van der Waals surface area (Å²) in [5.74, 6) is 0.443. The number of hydrogen-bond donors (Lipinski definition) is 1. The molecule has 1 atom stereocenters. The molecule has 0 spiro atoms. The van der Waals surface area contributed by atoms with Crippen LogP contribution in [0.1, 0.15) is 31.9 Å². The molecule has 0 fully saturated rings. The zero-order chi connectivity index (χ0) is 10.8. The number of nitrogens with one attached hydrogen (secondary N) is 1. The molecule has 0 amide bonds. The largest absolute Gasteiger partial charge is 0.493 e. The summed E-state index contributed by atoms with van der Waals surface area (Å²) in [5.41, 5.74) is 1.07. The summed E-state index contributed by atoms with van der Waals surface area (Å²) in [7, 11) is 0. The SMILES string of the molecule is CC(C)NC1CCOc2cc(F)ccc21. The highest BCUT2D eigenvalue weighted by atomic mass is 19.1. The molecular formula is C12H16FNO. The maximum absolute atomic E-state index is 13.0. The Balaban J connectivity index is 2.26. The second-order valence-electron chi connectivity index (χ2n) is 4.19. The predicted octanol–water partition coefficient (Wildman–Crippen LogP) is 2.65. The first kappa shape index (κ1) is 10.4. The van der Waals surface area contributed by atoms with Crippen LogP contribution in [0.25, 0.3) is 0 Å². The van der Waals surface area contributed by atoms with E-state index in [0.717, 1.165) is 12.0 Å². The molecule has 0 aliphatic carbocycles. The fraction of sp³-hybridized carbons (Fsp3) is 0.500. The van der Waals surface area contributed by atoms with E-state index in [1.165, 1.54) is 12.1 Å². The minimum absolute atomic E-state index is 0.237. The molecule has 2 rings (SSSR count). The zero-order valence-electron chi connectivity index (χ0n) is 9.09. The molecule has 1 unspecified atom stereocenters. The lowest BCUT2D eigenvalue weighted by molar-refractivity contribution is 0.246. The van der Waals surface area contributed by atoms with Crippen molar-refractivity contribution in [2.24, 2.45) is 0 Å².